The van der Waals surface area contributed by atoms with Crippen molar-refractivity contribution in [3.8, 4) is 33.4 Å². The first-order chi connectivity index (χ1) is 24.6. The van der Waals surface area contributed by atoms with Crippen molar-refractivity contribution in [1.82, 2.24) is 0 Å². The van der Waals surface area contributed by atoms with E-state index in [2.05, 4.69) is 172 Å². The Bertz CT molecular complexity index is 3010. The fourth-order valence-corrected chi connectivity index (χ4v) is 9.11. The van der Waals surface area contributed by atoms with Gasteiger partial charge in [-0.15, -0.1) is 0 Å². The fourth-order valence-electron chi connectivity index (χ4n) is 9.11. The molecule has 0 spiro atoms. The van der Waals surface area contributed by atoms with Gasteiger partial charge in [-0.1, -0.05) is 147 Å². The molecular formula is C49H32O. The minimum atomic E-state index is -0.108. The highest BCUT2D eigenvalue weighted by atomic mass is 16.3. The molecule has 0 fully saturated rings. The Morgan fingerprint density at radius 1 is 0.380 bits per heavy atom. The second kappa shape index (κ2) is 9.94. The van der Waals surface area contributed by atoms with E-state index in [1.54, 1.807) is 0 Å². The Morgan fingerprint density at radius 2 is 0.920 bits per heavy atom. The van der Waals surface area contributed by atoms with E-state index in [9.17, 15) is 0 Å². The van der Waals surface area contributed by atoms with Crippen LogP contribution < -0.4 is 0 Å². The quantitative estimate of drug-likeness (QED) is 0.172. The van der Waals surface area contributed by atoms with E-state index in [0.717, 1.165) is 22.1 Å². The van der Waals surface area contributed by atoms with Gasteiger partial charge in [-0.3, -0.25) is 0 Å². The first-order valence-corrected chi connectivity index (χ1v) is 17.5. The number of rotatable bonds is 2. The Morgan fingerprint density at radius 3 is 1.60 bits per heavy atom. The van der Waals surface area contributed by atoms with Crippen LogP contribution in [-0.2, 0) is 5.41 Å². The zero-order chi connectivity index (χ0) is 33.1. The summed E-state index contributed by atoms with van der Waals surface area (Å²) in [5.74, 6) is 0. The van der Waals surface area contributed by atoms with E-state index in [4.69, 9.17) is 4.42 Å². The Labute approximate surface area is 290 Å². The van der Waals surface area contributed by atoms with Crippen molar-refractivity contribution in [2.45, 2.75) is 19.3 Å². The molecule has 11 rings (SSSR count). The van der Waals surface area contributed by atoms with Gasteiger partial charge in [-0.25, -0.2) is 0 Å². The first kappa shape index (κ1) is 27.7. The topological polar surface area (TPSA) is 13.1 Å². The third-order valence-corrected chi connectivity index (χ3v) is 11.4. The summed E-state index contributed by atoms with van der Waals surface area (Å²) in [6, 6.07) is 58.1. The molecule has 0 N–H and O–H groups in total. The number of furan rings is 1. The summed E-state index contributed by atoms with van der Waals surface area (Å²) in [5.41, 5.74) is 12.2. The third kappa shape index (κ3) is 3.67. The Hall–Kier alpha value is -6.18. The SMILES string of the molecule is CC1(C)c2cc(-c3c4ccccc4c(-c4ccc5c(c4)oc4ccc6ccccc6c45)c4ccccc34)ccc2-c2c1ccc1ccccc21. The molecule has 50 heavy (non-hydrogen) atoms. The van der Waals surface area contributed by atoms with Crippen molar-refractivity contribution < 1.29 is 4.42 Å². The van der Waals surface area contributed by atoms with Crippen LogP contribution >= 0.6 is 0 Å². The van der Waals surface area contributed by atoms with Crippen LogP contribution in [0.25, 0.3) is 98.4 Å². The molecule has 9 aromatic carbocycles. The van der Waals surface area contributed by atoms with Crippen LogP contribution in [0.4, 0.5) is 0 Å². The molecule has 0 amide bonds. The second-order valence-corrected chi connectivity index (χ2v) is 14.4. The summed E-state index contributed by atoms with van der Waals surface area (Å²) in [7, 11) is 0. The maximum absolute atomic E-state index is 6.56. The van der Waals surface area contributed by atoms with Crippen LogP contribution in [0, 0.1) is 0 Å². The van der Waals surface area contributed by atoms with Crippen molar-refractivity contribution in [3.05, 3.63) is 169 Å². The zero-order valence-corrected chi connectivity index (χ0v) is 27.9. The van der Waals surface area contributed by atoms with Gasteiger partial charge in [-0.05, 0) is 112 Å². The van der Waals surface area contributed by atoms with Crippen molar-refractivity contribution in [1.29, 1.82) is 0 Å². The molecule has 234 valence electrons. The molecule has 1 aliphatic rings. The molecule has 1 nitrogen and oxygen atoms in total. The van der Waals surface area contributed by atoms with E-state index in [1.807, 2.05) is 0 Å². The largest absolute Gasteiger partial charge is 0.456 e. The molecule has 0 bridgehead atoms. The number of benzene rings is 9. The maximum Gasteiger partial charge on any atom is 0.136 e. The molecule has 0 saturated carbocycles. The lowest BCUT2D eigenvalue weighted by Crippen LogP contribution is -2.15. The Balaban J connectivity index is 1.16. The normalized spacial score (nSPS) is 13.6. The van der Waals surface area contributed by atoms with Crippen molar-refractivity contribution >= 4 is 65.0 Å². The maximum atomic E-state index is 6.56. The van der Waals surface area contributed by atoms with Crippen LogP contribution in [0.5, 0.6) is 0 Å². The van der Waals surface area contributed by atoms with Gasteiger partial charge in [0.2, 0.25) is 0 Å². The first-order valence-electron chi connectivity index (χ1n) is 17.5. The van der Waals surface area contributed by atoms with Crippen LogP contribution in [0.3, 0.4) is 0 Å². The molecule has 0 saturated heterocycles. The molecule has 0 radical (unpaired) electrons. The van der Waals surface area contributed by atoms with Crippen LogP contribution in [0.1, 0.15) is 25.0 Å². The van der Waals surface area contributed by atoms with E-state index in [1.165, 1.54) is 87.4 Å². The molecule has 1 aliphatic carbocycles. The van der Waals surface area contributed by atoms with Crippen LogP contribution in [0.2, 0.25) is 0 Å². The average molecular weight is 637 g/mol. The van der Waals surface area contributed by atoms with Crippen molar-refractivity contribution in [2.75, 3.05) is 0 Å². The summed E-state index contributed by atoms with van der Waals surface area (Å²) >= 11 is 0. The van der Waals surface area contributed by atoms with Gasteiger partial charge in [-0.2, -0.15) is 0 Å². The van der Waals surface area contributed by atoms with Gasteiger partial charge in [0.15, 0.2) is 0 Å². The van der Waals surface area contributed by atoms with Gasteiger partial charge in [0.1, 0.15) is 11.2 Å². The van der Waals surface area contributed by atoms with Crippen LogP contribution in [0.15, 0.2) is 162 Å². The monoisotopic (exact) mass is 636 g/mol. The summed E-state index contributed by atoms with van der Waals surface area (Å²) in [6.45, 7) is 4.76. The molecule has 1 heteroatoms. The summed E-state index contributed by atoms with van der Waals surface area (Å²) in [6.07, 6.45) is 0. The van der Waals surface area contributed by atoms with Gasteiger partial charge >= 0.3 is 0 Å². The lowest BCUT2D eigenvalue weighted by Gasteiger charge is -2.23. The molecule has 1 aromatic heterocycles. The number of hydrogen-bond acceptors (Lipinski definition) is 1. The summed E-state index contributed by atoms with van der Waals surface area (Å²) in [4.78, 5) is 0. The molecule has 1 heterocycles. The van der Waals surface area contributed by atoms with Crippen molar-refractivity contribution in [3.63, 3.8) is 0 Å². The zero-order valence-electron chi connectivity index (χ0n) is 27.9. The van der Waals surface area contributed by atoms with E-state index in [0.29, 0.717) is 0 Å². The average Bonchev–Trinajstić information content (AvgIpc) is 3.65. The van der Waals surface area contributed by atoms with E-state index < -0.39 is 0 Å². The van der Waals surface area contributed by atoms with Gasteiger partial charge in [0, 0.05) is 16.2 Å². The van der Waals surface area contributed by atoms with E-state index >= 15 is 0 Å². The summed E-state index contributed by atoms with van der Waals surface area (Å²) < 4.78 is 6.56. The highest BCUT2D eigenvalue weighted by molar-refractivity contribution is 6.23. The predicted molar refractivity (Wildman–Crippen MR) is 212 cm³/mol. The molecule has 0 aliphatic heterocycles. The number of fused-ring (bicyclic) bond motifs is 12. The predicted octanol–water partition coefficient (Wildman–Crippen LogP) is 13.8. The minimum Gasteiger partial charge on any atom is -0.456 e. The highest BCUT2D eigenvalue weighted by Gasteiger charge is 2.36. The molecule has 10 aromatic rings. The molecular weight excluding hydrogens is 605 g/mol. The van der Waals surface area contributed by atoms with Crippen molar-refractivity contribution in [2.24, 2.45) is 0 Å². The van der Waals surface area contributed by atoms with Crippen LogP contribution in [-0.4, -0.2) is 0 Å². The number of hydrogen-bond donors (Lipinski definition) is 0. The smallest absolute Gasteiger partial charge is 0.136 e. The lowest BCUT2D eigenvalue weighted by molar-refractivity contribution is 0.661. The summed E-state index contributed by atoms with van der Waals surface area (Å²) in [5, 5.41) is 12.4. The minimum absolute atomic E-state index is 0.108. The standard InChI is InChI=1S/C49H32O/c1-49(2)41-25-21-29-11-3-5-13-33(29)47(41)39-23-19-31(27-42(39)49)45-35-15-7-9-17-37(35)46(38-18-10-8-16-36(38)45)32-20-24-40-44(28-32)50-43-26-22-30-12-4-6-14-34(30)48(40)43/h3-28H,1-2H3. The van der Waals surface area contributed by atoms with Gasteiger partial charge in [0.05, 0.1) is 0 Å². The molecule has 0 atom stereocenters. The van der Waals surface area contributed by atoms with Gasteiger partial charge in [0.25, 0.3) is 0 Å². The lowest BCUT2D eigenvalue weighted by atomic mass is 9.80. The molecule has 0 unspecified atom stereocenters. The highest BCUT2D eigenvalue weighted by Crippen LogP contribution is 2.53. The van der Waals surface area contributed by atoms with Gasteiger partial charge < -0.3 is 4.42 Å². The third-order valence-electron chi connectivity index (χ3n) is 11.4. The second-order valence-electron chi connectivity index (χ2n) is 14.4. The fraction of sp³-hybridized carbons (Fsp3) is 0.0612. The Kier molecular flexibility index (Phi) is 5.51. The van der Waals surface area contributed by atoms with E-state index in [-0.39, 0.29) is 5.41 Å².